The normalized spacial score (nSPS) is 15.2. The van der Waals surface area contributed by atoms with Crippen LogP contribution in [0.15, 0.2) is 60.1 Å². The number of carbonyl (C=O) groups excluding carboxylic acids is 1. The van der Waals surface area contributed by atoms with Crippen LogP contribution in [0.2, 0.25) is 5.02 Å². The van der Waals surface area contributed by atoms with Crippen LogP contribution in [0.4, 0.5) is 13.2 Å². The van der Waals surface area contributed by atoms with Gasteiger partial charge < -0.3 is 20.2 Å². The number of guanidine groups is 1. The second-order valence-corrected chi connectivity index (χ2v) is 10.3. The quantitative estimate of drug-likeness (QED) is 0.145. The van der Waals surface area contributed by atoms with Crippen LogP contribution in [0.5, 0.6) is 0 Å². The summed E-state index contributed by atoms with van der Waals surface area (Å²) in [5, 5.41) is 8.41. The average molecular weight is 601 g/mol. The van der Waals surface area contributed by atoms with E-state index < -0.39 is 30.2 Å². The van der Waals surface area contributed by atoms with E-state index in [0.717, 1.165) is 29.4 Å². The standard InChI is InChI=1S/C28H28ClF3N8O2/c1-38(25(14-42-2)17-4-8-21(29)24(10-17)40-27(26(31)32)34-15-36-40)28(33)37-23(13-41)20-7-3-16(9-22(20)30)18-11-35-39(12-18)19-5-6-19/h3-4,7-13,15,19,23,25-26H,5-6,14H2,1-2H3,(H2,33,37). The molecule has 0 radical (unpaired) electrons. The fourth-order valence-electron chi connectivity index (χ4n) is 4.61. The number of ether oxygens (including phenoxy) is 1. The van der Waals surface area contributed by atoms with Gasteiger partial charge in [0, 0.05) is 31.5 Å². The zero-order valence-corrected chi connectivity index (χ0v) is 23.5. The number of nitrogens with zero attached hydrogens (tertiary/aromatic N) is 7. The zero-order valence-electron chi connectivity index (χ0n) is 22.7. The summed E-state index contributed by atoms with van der Waals surface area (Å²) in [5.41, 5.74) is 8.53. The predicted molar refractivity (Wildman–Crippen MR) is 150 cm³/mol. The third-order valence-electron chi connectivity index (χ3n) is 7.08. The molecule has 5 rings (SSSR count). The summed E-state index contributed by atoms with van der Waals surface area (Å²) in [6.07, 6.45) is 4.37. The molecule has 10 nitrogen and oxygen atoms in total. The molecule has 2 aromatic carbocycles. The highest BCUT2D eigenvalue weighted by atomic mass is 35.5. The highest BCUT2D eigenvalue weighted by molar-refractivity contribution is 6.32. The minimum Gasteiger partial charge on any atom is -0.382 e. The van der Waals surface area contributed by atoms with Crippen LogP contribution in [-0.2, 0) is 9.53 Å². The SMILES string of the molecule is COCC(c1ccc(Cl)c(-n2ncnc2C(F)F)c1)N(C)C(N)=NC(C=O)c1ccc(-c2cnn(C3CC3)c2)cc1F. The minimum absolute atomic E-state index is 0.0578. The molecule has 2 unspecified atom stereocenters. The molecule has 4 aromatic rings. The number of aldehydes is 1. The van der Waals surface area contributed by atoms with E-state index in [2.05, 4.69) is 20.2 Å². The molecule has 0 amide bonds. The molecule has 1 saturated carbocycles. The molecule has 1 fully saturated rings. The first-order valence-electron chi connectivity index (χ1n) is 13.0. The highest BCUT2D eigenvalue weighted by Gasteiger charge is 2.26. The van der Waals surface area contributed by atoms with Crippen molar-refractivity contribution in [1.29, 1.82) is 0 Å². The lowest BCUT2D eigenvalue weighted by atomic mass is 10.0. The Labute approximate surface area is 244 Å². The average Bonchev–Trinajstić information content (AvgIpc) is 3.49. The lowest BCUT2D eigenvalue weighted by Gasteiger charge is -2.30. The van der Waals surface area contributed by atoms with Crippen LogP contribution in [0.1, 0.15) is 54.3 Å². The van der Waals surface area contributed by atoms with E-state index in [4.69, 9.17) is 22.1 Å². The van der Waals surface area contributed by atoms with E-state index >= 15 is 4.39 Å². The fourth-order valence-corrected chi connectivity index (χ4v) is 4.81. The first-order chi connectivity index (χ1) is 20.2. The topological polar surface area (TPSA) is 116 Å². The first-order valence-corrected chi connectivity index (χ1v) is 13.4. The molecule has 220 valence electrons. The van der Waals surface area contributed by atoms with Crippen LogP contribution in [0, 0.1) is 5.82 Å². The van der Waals surface area contributed by atoms with Gasteiger partial charge in [0.05, 0.1) is 35.6 Å². The second-order valence-electron chi connectivity index (χ2n) is 9.87. The molecule has 0 saturated heterocycles. The Kier molecular flexibility index (Phi) is 8.59. The molecular formula is C28H28ClF3N8O2. The summed E-state index contributed by atoms with van der Waals surface area (Å²) in [6.45, 7) is 0.107. The maximum Gasteiger partial charge on any atom is 0.297 e. The monoisotopic (exact) mass is 600 g/mol. The van der Waals surface area contributed by atoms with E-state index in [1.54, 1.807) is 36.3 Å². The van der Waals surface area contributed by atoms with Gasteiger partial charge in [-0.05, 0) is 42.2 Å². The van der Waals surface area contributed by atoms with Crippen LogP contribution >= 0.6 is 11.6 Å². The van der Waals surface area contributed by atoms with Gasteiger partial charge in [-0.25, -0.2) is 27.8 Å². The molecule has 0 aliphatic heterocycles. The van der Waals surface area contributed by atoms with E-state index in [-0.39, 0.29) is 28.8 Å². The molecule has 2 heterocycles. The minimum atomic E-state index is -2.87. The van der Waals surface area contributed by atoms with Crippen molar-refractivity contribution >= 4 is 23.8 Å². The number of hydrogen-bond acceptors (Lipinski definition) is 6. The van der Waals surface area contributed by atoms with Gasteiger partial charge >= 0.3 is 0 Å². The third kappa shape index (κ3) is 6.02. The van der Waals surface area contributed by atoms with Crippen molar-refractivity contribution in [2.75, 3.05) is 20.8 Å². The number of methoxy groups -OCH3 is 1. The molecule has 0 bridgehead atoms. The first kappa shape index (κ1) is 29.3. The number of carbonyl (C=O) groups is 1. The lowest BCUT2D eigenvalue weighted by Crippen LogP contribution is -2.39. The third-order valence-corrected chi connectivity index (χ3v) is 7.40. The van der Waals surface area contributed by atoms with Crippen LogP contribution in [-0.4, -0.2) is 62.5 Å². The Hall–Kier alpha value is -4.23. The number of aliphatic imine (C=N–C) groups is 1. The van der Waals surface area contributed by atoms with Crippen LogP contribution in [0.3, 0.4) is 0 Å². The molecule has 2 aromatic heterocycles. The molecule has 1 aliphatic carbocycles. The zero-order chi connectivity index (χ0) is 30.0. The van der Waals surface area contributed by atoms with E-state index in [1.807, 2.05) is 10.9 Å². The van der Waals surface area contributed by atoms with Crippen molar-refractivity contribution in [3.8, 4) is 16.8 Å². The van der Waals surface area contributed by atoms with Crippen LogP contribution < -0.4 is 5.73 Å². The molecular weight excluding hydrogens is 573 g/mol. The Morgan fingerprint density at radius 2 is 2.02 bits per heavy atom. The van der Waals surface area contributed by atoms with Gasteiger partial charge in [-0.15, -0.1) is 0 Å². The van der Waals surface area contributed by atoms with Crippen molar-refractivity contribution in [1.82, 2.24) is 29.4 Å². The molecule has 2 atom stereocenters. The Bertz CT molecular complexity index is 1600. The van der Waals surface area contributed by atoms with Gasteiger partial charge in [0.2, 0.25) is 0 Å². The Balaban J connectivity index is 1.40. The lowest BCUT2D eigenvalue weighted by molar-refractivity contribution is -0.109. The predicted octanol–water partition coefficient (Wildman–Crippen LogP) is 5.07. The van der Waals surface area contributed by atoms with Gasteiger partial charge in [-0.1, -0.05) is 29.8 Å². The van der Waals surface area contributed by atoms with Gasteiger partial charge in [0.1, 0.15) is 24.5 Å². The van der Waals surface area contributed by atoms with E-state index in [1.165, 1.54) is 25.3 Å². The highest BCUT2D eigenvalue weighted by Crippen LogP contribution is 2.36. The van der Waals surface area contributed by atoms with Gasteiger partial charge in [-0.3, -0.25) is 4.68 Å². The Morgan fingerprint density at radius 3 is 2.69 bits per heavy atom. The summed E-state index contributed by atoms with van der Waals surface area (Å²) in [5.74, 6) is -1.25. The summed E-state index contributed by atoms with van der Waals surface area (Å²) in [4.78, 5) is 21.5. The van der Waals surface area contributed by atoms with Gasteiger partial charge in [0.25, 0.3) is 6.43 Å². The van der Waals surface area contributed by atoms with E-state index in [9.17, 15) is 13.6 Å². The number of nitrogens with two attached hydrogens (primary N) is 1. The fraction of sp³-hybridized carbons (Fsp3) is 0.321. The number of benzene rings is 2. The van der Waals surface area contributed by atoms with Gasteiger partial charge in [-0.2, -0.15) is 10.2 Å². The molecule has 14 heteroatoms. The van der Waals surface area contributed by atoms with E-state index in [0.29, 0.717) is 23.5 Å². The summed E-state index contributed by atoms with van der Waals surface area (Å²) in [7, 11) is 3.10. The maximum absolute atomic E-state index is 15.2. The number of hydrogen-bond donors (Lipinski definition) is 1. The van der Waals surface area contributed by atoms with Crippen molar-refractivity contribution in [2.45, 2.75) is 37.4 Å². The maximum atomic E-state index is 15.2. The number of aromatic nitrogens is 5. The summed E-state index contributed by atoms with van der Waals surface area (Å²) >= 11 is 6.32. The Morgan fingerprint density at radius 1 is 1.24 bits per heavy atom. The number of halogens is 4. The van der Waals surface area contributed by atoms with Crippen molar-refractivity contribution in [3.05, 3.63) is 82.9 Å². The van der Waals surface area contributed by atoms with Crippen LogP contribution in [0.25, 0.3) is 16.8 Å². The molecule has 1 aliphatic rings. The molecule has 2 N–H and O–H groups in total. The van der Waals surface area contributed by atoms with Crippen molar-refractivity contribution in [3.63, 3.8) is 0 Å². The summed E-state index contributed by atoms with van der Waals surface area (Å²) in [6, 6.07) is 7.93. The smallest absolute Gasteiger partial charge is 0.297 e. The number of likely N-dealkylation sites (N-methyl/N-ethyl adjacent to an activating group) is 1. The molecule has 0 spiro atoms. The van der Waals surface area contributed by atoms with Crippen molar-refractivity contribution < 1.29 is 22.7 Å². The number of alkyl halides is 2. The van der Waals surface area contributed by atoms with Crippen molar-refractivity contribution in [2.24, 2.45) is 10.7 Å². The molecule has 42 heavy (non-hydrogen) atoms. The van der Waals surface area contributed by atoms with Gasteiger partial charge in [0.15, 0.2) is 11.8 Å². The number of rotatable bonds is 11. The summed E-state index contributed by atoms with van der Waals surface area (Å²) < 4.78 is 50.4. The largest absolute Gasteiger partial charge is 0.382 e. The second kappa shape index (κ2) is 12.3.